The molecule has 1 rings (SSSR count). The van der Waals surface area contributed by atoms with Gasteiger partial charge in [0.2, 0.25) is 0 Å². The average Bonchev–Trinajstić information content (AvgIpc) is 2.22. The molecular weight excluding hydrogens is 216 g/mol. The second-order valence-electron chi connectivity index (χ2n) is 3.26. The highest BCUT2D eigenvalue weighted by Gasteiger charge is 2.05. The molecule has 3 nitrogen and oxygen atoms in total. The minimum atomic E-state index is -2.36. The molecule has 0 unspecified atom stereocenters. The van der Waals surface area contributed by atoms with Crippen LogP contribution in [0, 0.1) is 0 Å². The minimum absolute atomic E-state index is 0.0551. The van der Waals surface area contributed by atoms with Crippen LogP contribution in [0.1, 0.15) is 12.5 Å². The van der Waals surface area contributed by atoms with E-state index in [1.807, 2.05) is 0 Å². The van der Waals surface area contributed by atoms with E-state index in [-0.39, 0.29) is 12.3 Å². The maximum atomic E-state index is 11.9. The van der Waals surface area contributed by atoms with E-state index in [0.29, 0.717) is 18.9 Å². The Morgan fingerprint density at radius 1 is 1.44 bits per heavy atom. The molecule has 1 aromatic rings. The molecule has 5 heteroatoms. The highest BCUT2D eigenvalue weighted by molar-refractivity contribution is 5.41. The fourth-order valence-electron chi connectivity index (χ4n) is 1.27. The van der Waals surface area contributed by atoms with Crippen LogP contribution in [0.15, 0.2) is 18.2 Å². The van der Waals surface area contributed by atoms with Gasteiger partial charge in [-0.1, -0.05) is 6.07 Å². The number of aromatic hydroxyl groups is 1. The third-order valence-electron chi connectivity index (χ3n) is 1.95. The maximum absolute atomic E-state index is 11.9. The van der Waals surface area contributed by atoms with E-state index in [0.717, 1.165) is 5.56 Å². The first-order valence-corrected chi connectivity index (χ1v) is 5.07. The number of alkyl halides is 2. The molecule has 0 saturated heterocycles. The van der Waals surface area contributed by atoms with Crippen LogP contribution in [0.2, 0.25) is 0 Å². The summed E-state index contributed by atoms with van der Waals surface area (Å²) in [6.07, 6.45) is -2.36. The molecule has 0 bridgehead atoms. The molecule has 0 radical (unpaired) electrons. The van der Waals surface area contributed by atoms with Gasteiger partial charge in [0.15, 0.2) is 11.5 Å². The van der Waals surface area contributed by atoms with Crippen LogP contribution in [0.3, 0.4) is 0 Å². The first kappa shape index (κ1) is 12.7. The van der Waals surface area contributed by atoms with Gasteiger partial charge in [0.25, 0.3) is 6.43 Å². The summed E-state index contributed by atoms with van der Waals surface area (Å²) >= 11 is 0. The third kappa shape index (κ3) is 4.02. The first-order valence-electron chi connectivity index (χ1n) is 5.07. The zero-order valence-electron chi connectivity index (χ0n) is 9.04. The van der Waals surface area contributed by atoms with Crippen LogP contribution < -0.4 is 10.1 Å². The van der Waals surface area contributed by atoms with E-state index in [1.165, 1.54) is 6.07 Å². The molecule has 0 aromatic heterocycles. The maximum Gasteiger partial charge on any atom is 0.250 e. The summed E-state index contributed by atoms with van der Waals surface area (Å²) in [4.78, 5) is 0. The van der Waals surface area contributed by atoms with Crippen molar-refractivity contribution in [3.8, 4) is 11.5 Å². The zero-order valence-corrected chi connectivity index (χ0v) is 9.04. The molecule has 16 heavy (non-hydrogen) atoms. The lowest BCUT2D eigenvalue weighted by Gasteiger charge is -2.09. The Balaban J connectivity index is 2.56. The van der Waals surface area contributed by atoms with E-state index in [2.05, 4.69) is 5.32 Å². The van der Waals surface area contributed by atoms with Crippen LogP contribution in [0.25, 0.3) is 0 Å². The van der Waals surface area contributed by atoms with Gasteiger partial charge in [-0.05, 0) is 24.6 Å². The van der Waals surface area contributed by atoms with Crippen molar-refractivity contribution in [3.63, 3.8) is 0 Å². The van der Waals surface area contributed by atoms with Crippen molar-refractivity contribution < 1.29 is 18.6 Å². The first-order chi connectivity index (χ1) is 7.63. The second kappa shape index (κ2) is 6.27. The lowest BCUT2D eigenvalue weighted by Crippen LogP contribution is -2.20. The molecule has 0 aliphatic rings. The van der Waals surface area contributed by atoms with Crippen molar-refractivity contribution in [1.29, 1.82) is 0 Å². The Kier molecular flexibility index (Phi) is 4.98. The topological polar surface area (TPSA) is 41.5 Å². The normalized spacial score (nSPS) is 10.8. The van der Waals surface area contributed by atoms with Crippen LogP contribution in [-0.2, 0) is 6.54 Å². The van der Waals surface area contributed by atoms with Gasteiger partial charge in [-0.15, -0.1) is 0 Å². The second-order valence-corrected chi connectivity index (χ2v) is 3.26. The molecule has 0 saturated carbocycles. The van der Waals surface area contributed by atoms with E-state index in [1.54, 1.807) is 19.1 Å². The molecule has 0 aliphatic heterocycles. The fourth-order valence-corrected chi connectivity index (χ4v) is 1.27. The number of benzene rings is 1. The van der Waals surface area contributed by atoms with Gasteiger partial charge in [0.1, 0.15) is 0 Å². The van der Waals surface area contributed by atoms with Crippen LogP contribution in [-0.4, -0.2) is 24.7 Å². The smallest absolute Gasteiger partial charge is 0.250 e. The van der Waals surface area contributed by atoms with Crippen LogP contribution in [0.4, 0.5) is 8.78 Å². The van der Waals surface area contributed by atoms with Gasteiger partial charge >= 0.3 is 0 Å². The molecule has 0 aliphatic carbocycles. The summed E-state index contributed by atoms with van der Waals surface area (Å²) in [6, 6.07) is 4.79. The summed E-state index contributed by atoms with van der Waals surface area (Å²) in [6.45, 7) is 2.23. The van der Waals surface area contributed by atoms with E-state index in [4.69, 9.17) is 4.74 Å². The van der Waals surface area contributed by atoms with Crippen molar-refractivity contribution in [2.45, 2.75) is 19.9 Å². The molecule has 90 valence electrons. The van der Waals surface area contributed by atoms with Crippen molar-refractivity contribution in [3.05, 3.63) is 23.8 Å². The highest BCUT2D eigenvalue weighted by Crippen LogP contribution is 2.26. The van der Waals surface area contributed by atoms with Gasteiger partial charge in [0, 0.05) is 6.54 Å². The highest BCUT2D eigenvalue weighted by atomic mass is 19.3. The van der Waals surface area contributed by atoms with Crippen molar-refractivity contribution in [2.75, 3.05) is 13.2 Å². The third-order valence-corrected chi connectivity index (χ3v) is 1.95. The molecule has 0 atom stereocenters. The predicted molar refractivity (Wildman–Crippen MR) is 57.0 cm³/mol. The van der Waals surface area contributed by atoms with Crippen molar-refractivity contribution in [2.24, 2.45) is 0 Å². The Morgan fingerprint density at radius 2 is 2.19 bits per heavy atom. The zero-order chi connectivity index (χ0) is 12.0. The number of hydrogen-bond acceptors (Lipinski definition) is 3. The minimum Gasteiger partial charge on any atom is -0.504 e. The standard InChI is InChI=1S/C11H15F2NO2/c1-2-16-10-5-8(3-4-9(10)15)6-14-7-11(12)13/h3-5,11,14-15H,2,6-7H2,1H3. The summed E-state index contributed by atoms with van der Waals surface area (Å²) in [7, 11) is 0. The Morgan fingerprint density at radius 3 is 2.81 bits per heavy atom. The van der Waals surface area contributed by atoms with Gasteiger partial charge < -0.3 is 15.2 Å². The van der Waals surface area contributed by atoms with E-state index in [9.17, 15) is 13.9 Å². The van der Waals surface area contributed by atoms with Crippen LogP contribution >= 0.6 is 0 Å². The molecule has 1 aromatic carbocycles. The largest absolute Gasteiger partial charge is 0.504 e. The molecular formula is C11H15F2NO2. The van der Waals surface area contributed by atoms with Crippen molar-refractivity contribution >= 4 is 0 Å². The Hall–Kier alpha value is -1.36. The monoisotopic (exact) mass is 231 g/mol. The van der Waals surface area contributed by atoms with Gasteiger partial charge in [-0.25, -0.2) is 8.78 Å². The predicted octanol–water partition coefficient (Wildman–Crippen LogP) is 2.15. The molecule has 0 fully saturated rings. The summed E-state index contributed by atoms with van der Waals surface area (Å²) in [5.41, 5.74) is 0.793. The lowest BCUT2D eigenvalue weighted by atomic mass is 10.2. The number of phenols is 1. The Bertz CT molecular complexity index is 332. The number of halogens is 2. The van der Waals surface area contributed by atoms with Crippen LogP contribution in [0.5, 0.6) is 11.5 Å². The quantitative estimate of drug-likeness (QED) is 0.788. The fraction of sp³-hybridized carbons (Fsp3) is 0.455. The lowest BCUT2D eigenvalue weighted by molar-refractivity contribution is 0.145. The number of nitrogens with one attached hydrogen (secondary N) is 1. The summed E-state index contributed by atoms with van der Waals surface area (Å²) in [5.74, 6) is 0.429. The number of rotatable bonds is 6. The molecule has 0 spiro atoms. The van der Waals surface area contributed by atoms with E-state index < -0.39 is 6.43 Å². The number of phenolic OH excluding ortho intramolecular Hbond substituents is 1. The average molecular weight is 231 g/mol. The number of ether oxygens (including phenoxy) is 1. The summed E-state index contributed by atoms with van der Waals surface area (Å²) in [5, 5.41) is 12.0. The number of hydrogen-bond donors (Lipinski definition) is 2. The molecule has 2 N–H and O–H groups in total. The molecule has 0 heterocycles. The van der Waals surface area contributed by atoms with Gasteiger partial charge in [-0.3, -0.25) is 0 Å². The van der Waals surface area contributed by atoms with E-state index >= 15 is 0 Å². The molecule has 0 amide bonds. The van der Waals surface area contributed by atoms with Gasteiger partial charge in [0.05, 0.1) is 13.2 Å². The summed E-state index contributed by atoms with van der Waals surface area (Å²) < 4.78 is 28.9. The SMILES string of the molecule is CCOc1cc(CNCC(F)F)ccc1O. The van der Waals surface area contributed by atoms with Gasteiger partial charge in [-0.2, -0.15) is 0 Å². The van der Waals surface area contributed by atoms with Crippen molar-refractivity contribution in [1.82, 2.24) is 5.32 Å². The Labute approximate surface area is 93.0 Å².